The van der Waals surface area contributed by atoms with Gasteiger partial charge in [0.25, 0.3) is 0 Å². The van der Waals surface area contributed by atoms with Crippen molar-refractivity contribution in [3.8, 4) is 11.1 Å². The number of carbonyl (C=O) groups is 1. The Hall–Kier alpha value is -2.13. The molecule has 2 aromatic carbocycles. The summed E-state index contributed by atoms with van der Waals surface area (Å²) in [6.07, 6.45) is 5.52. The Labute approximate surface area is 151 Å². The summed E-state index contributed by atoms with van der Waals surface area (Å²) in [4.78, 5) is 14.6. The van der Waals surface area contributed by atoms with Crippen LogP contribution in [0.1, 0.15) is 31.2 Å². The van der Waals surface area contributed by atoms with Crippen molar-refractivity contribution in [1.29, 1.82) is 0 Å². The number of carbonyl (C=O) groups excluding carboxylic acids is 1. The van der Waals surface area contributed by atoms with E-state index in [-0.39, 0.29) is 5.91 Å². The van der Waals surface area contributed by atoms with E-state index in [0.717, 1.165) is 25.1 Å². The molecule has 0 aromatic heterocycles. The highest BCUT2D eigenvalue weighted by atomic mass is 16.1. The first-order chi connectivity index (χ1) is 12.3. The molecule has 0 bridgehead atoms. The summed E-state index contributed by atoms with van der Waals surface area (Å²) >= 11 is 0. The van der Waals surface area contributed by atoms with Gasteiger partial charge in [0.1, 0.15) is 0 Å². The van der Waals surface area contributed by atoms with E-state index < -0.39 is 0 Å². The fourth-order valence-electron chi connectivity index (χ4n) is 3.41. The number of likely N-dealkylation sites (tertiary alicyclic amines) is 1. The number of rotatable bonds is 7. The molecule has 1 amide bonds. The lowest BCUT2D eigenvalue weighted by Crippen LogP contribution is -2.33. The Bertz CT molecular complexity index is 645. The highest BCUT2D eigenvalue weighted by Gasteiger charge is 2.09. The molecule has 3 nitrogen and oxygen atoms in total. The fraction of sp³-hybridized carbons (Fsp3) is 0.409. The molecule has 3 rings (SSSR count). The molecule has 1 aliphatic rings. The van der Waals surface area contributed by atoms with Crippen molar-refractivity contribution in [3.63, 3.8) is 0 Å². The quantitative estimate of drug-likeness (QED) is 0.778. The molecule has 0 unspecified atom stereocenters. The number of benzene rings is 2. The van der Waals surface area contributed by atoms with Gasteiger partial charge in [-0.3, -0.25) is 4.79 Å². The summed E-state index contributed by atoms with van der Waals surface area (Å²) in [5.74, 6) is 0.117. The van der Waals surface area contributed by atoms with Crippen LogP contribution < -0.4 is 5.32 Å². The zero-order valence-electron chi connectivity index (χ0n) is 14.9. The monoisotopic (exact) mass is 336 g/mol. The van der Waals surface area contributed by atoms with E-state index in [4.69, 9.17) is 0 Å². The molecule has 0 atom stereocenters. The number of hydrogen-bond donors (Lipinski definition) is 1. The molecule has 2 aromatic rings. The highest BCUT2D eigenvalue weighted by Crippen LogP contribution is 2.19. The Morgan fingerprint density at radius 1 is 0.880 bits per heavy atom. The van der Waals surface area contributed by atoms with Crippen molar-refractivity contribution in [2.45, 2.75) is 32.1 Å². The predicted molar refractivity (Wildman–Crippen MR) is 103 cm³/mol. The Morgan fingerprint density at radius 3 is 2.28 bits per heavy atom. The number of nitrogens with zero attached hydrogens (tertiary/aromatic N) is 1. The topological polar surface area (TPSA) is 32.3 Å². The molecule has 1 N–H and O–H groups in total. The molecular formula is C22H28N2O. The van der Waals surface area contributed by atoms with Gasteiger partial charge < -0.3 is 10.2 Å². The summed E-state index contributed by atoms with van der Waals surface area (Å²) in [5.41, 5.74) is 3.45. The van der Waals surface area contributed by atoms with E-state index >= 15 is 0 Å². The lowest BCUT2D eigenvalue weighted by molar-refractivity contribution is -0.120. The van der Waals surface area contributed by atoms with Crippen molar-refractivity contribution in [2.24, 2.45) is 0 Å². The van der Waals surface area contributed by atoms with E-state index in [9.17, 15) is 4.79 Å². The molecule has 0 saturated carbocycles. The fourth-order valence-corrected chi connectivity index (χ4v) is 3.41. The summed E-state index contributed by atoms with van der Waals surface area (Å²) in [6.45, 7) is 4.33. The minimum atomic E-state index is 0.117. The maximum Gasteiger partial charge on any atom is 0.224 e. The third kappa shape index (κ3) is 5.71. The van der Waals surface area contributed by atoms with Crippen molar-refractivity contribution in [2.75, 3.05) is 26.2 Å². The maximum atomic E-state index is 12.1. The van der Waals surface area contributed by atoms with E-state index in [1.165, 1.54) is 43.5 Å². The summed E-state index contributed by atoms with van der Waals surface area (Å²) in [6, 6.07) is 18.6. The van der Waals surface area contributed by atoms with Crippen LogP contribution in [0.2, 0.25) is 0 Å². The van der Waals surface area contributed by atoms with Crippen molar-refractivity contribution >= 4 is 5.91 Å². The van der Waals surface area contributed by atoms with E-state index in [1.807, 2.05) is 18.2 Å². The molecule has 1 heterocycles. The summed E-state index contributed by atoms with van der Waals surface area (Å²) < 4.78 is 0. The minimum Gasteiger partial charge on any atom is -0.356 e. The van der Waals surface area contributed by atoms with Gasteiger partial charge in [0, 0.05) is 6.54 Å². The summed E-state index contributed by atoms with van der Waals surface area (Å²) in [7, 11) is 0. The zero-order valence-corrected chi connectivity index (χ0v) is 14.9. The first-order valence-electron chi connectivity index (χ1n) is 9.45. The smallest absolute Gasteiger partial charge is 0.224 e. The second-order valence-corrected chi connectivity index (χ2v) is 6.85. The van der Waals surface area contributed by atoms with E-state index in [2.05, 4.69) is 46.6 Å². The van der Waals surface area contributed by atoms with Crippen molar-refractivity contribution in [3.05, 3.63) is 60.2 Å². The molecule has 132 valence electrons. The predicted octanol–water partition coefficient (Wildman–Crippen LogP) is 3.89. The molecule has 0 aliphatic carbocycles. The van der Waals surface area contributed by atoms with Crippen LogP contribution in [0.25, 0.3) is 11.1 Å². The lowest BCUT2D eigenvalue weighted by atomic mass is 10.0. The van der Waals surface area contributed by atoms with Gasteiger partial charge in [-0.25, -0.2) is 0 Å². The molecule has 0 radical (unpaired) electrons. The zero-order chi connectivity index (χ0) is 17.3. The molecular weight excluding hydrogens is 308 g/mol. The van der Waals surface area contributed by atoms with Crippen LogP contribution >= 0.6 is 0 Å². The number of hydrogen-bond acceptors (Lipinski definition) is 2. The SMILES string of the molecule is O=C(Cc1ccc(-c2ccccc2)cc1)NCCCN1CCCCC1. The summed E-state index contributed by atoms with van der Waals surface area (Å²) in [5, 5.41) is 3.05. The number of amides is 1. The van der Waals surface area contributed by atoms with Gasteiger partial charge in [0.15, 0.2) is 0 Å². The Kier molecular flexibility index (Phi) is 6.63. The van der Waals surface area contributed by atoms with Crippen LogP contribution in [0.5, 0.6) is 0 Å². The van der Waals surface area contributed by atoms with Gasteiger partial charge in [-0.05, 0) is 55.6 Å². The molecule has 0 spiro atoms. The second kappa shape index (κ2) is 9.38. The van der Waals surface area contributed by atoms with Crippen LogP contribution in [0.15, 0.2) is 54.6 Å². The molecule has 1 saturated heterocycles. The Balaban J connectivity index is 1.39. The largest absolute Gasteiger partial charge is 0.356 e. The van der Waals surface area contributed by atoms with Crippen LogP contribution in [0, 0.1) is 0 Å². The highest BCUT2D eigenvalue weighted by molar-refractivity contribution is 5.78. The van der Waals surface area contributed by atoms with Crippen molar-refractivity contribution < 1.29 is 4.79 Å². The standard InChI is InChI=1S/C22H28N2O/c25-22(23-14-7-17-24-15-5-2-6-16-24)18-19-10-12-21(13-11-19)20-8-3-1-4-9-20/h1,3-4,8-13H,2,5-7,14-18H2,(H,23,25). The van der Waals surface area contributed by atoms with Crippen LogP contribution in [0.4, 0.5) is 0 Å². The number of nitrogens with one attached hydrogen (secondary N) is 1. The van der Waals surface area contributed by atoms with E-state index in [1.54, 1.807) is 0 Å². The van der Waals surface area contributed by atoms with Gasteiger partial charge >= 0.3 is 0 Å². The van der Waals surface area contributed by atoms with Crippen LogP contribution in [-0.2, 0) is 11.2 Å². The van der Waals surface area contributed by atoms with Gasteiger partial charge in [-0.2, -0.15) is 0 Å². The normalized spacial score (nSPS) is 15.0. The first kappa shape index (κ1) is 17.7. The second-order valence-electron chi connectivity index (χ2n) is 6.85. The van der Waals surface area contributed by atoms with E-state index in [0.29, 0.717) is 6.42 Å². The van der Waals surface area contributed by atoms with Gasteiger partial charge in [0.05, 0.1) is 6.42 Å². The Morgan fingerprint density at radius 2 is 1.56 bits per heavy atom. The lowest BCUT2D eigenvalue weighted by Gasteiger charge is -2.26. The van der Waals surface area contributed by atoms with Gasteiger partial charge in [-0.15, -0.1) is 0 Å². The molecule has 1 fully saturated rings. The van der Waals surface area contributed by atoms with Crippen LogP contribution in [0.3, 0.4) is 0 Å². The van der Waals surface area contributed by atoms with Crippen molar-refractivity contribution in [1.82, 2.24) is 10.2 Å². The van der Waals surface area contributed by atoms with Gasteiger partial charge in [0.2, 0.25) is 5.91 Å². The number of piperidine rings is 1. The third-order valence-electron chi connectivity index (χ3n) is 4.85. The molecule has 25 heavy (non-hydrogen) atoms. The van der Waals surface area contributed by atoms with Crippen LogP contribution in [-0.4, -0.2) is 37.0 Å². The molecule has 1 aliphatic heterocycles. The third-order valence-corrected chi connectivity index (χ3v) is 4.85. The minimum absolute atomic E-state index is 0.117. The maximum absolute atomic E-state index is 12.1. The average Bonchev–Trinajstić information content (AvgIpc) is 2.67. The first-order valence-corrected chi connectivity index (χ1v) is 9.45. The average molecular weight is 336 g/mol. The molecule has 3 heteroatoms. The van der Waals surface area contributed by atoms with Gasteiger partial charge in [-0.1, -0.05) is 61.0 Å².